The largest absolute Gasteiger partial charge is 0.450 e. The molecule has 0 atom stereocenters. The highest BCUT2D eigenvalue weighted by molar-refractivity contribution is 5.89. The molecule has 0 radical (unpaired) electrons. The van der Waals surface area contributed by atoms with Crippen LogP contribution in [0.4, 0.5) is 8.78 Å². The van der Waals surface area contributed by atoms with E-state index in [-0.39, 0.29) is 17.0 Å². The number of nitrogens with two attached hydrogens (primary N) is 1. The van der Waals surface area contributed by atoms with Crippen molar-refractivity contribution >= 4 is 11.9 Å². The van der Waals surface area contributed by atoms with E-state index >= 15 is 0 Å². The van der Waals surface area contributed by atoms with E-state index in [1.165, 1.54) is 0 Å². The van der Waals surface area contributed by atoms with Gasteiger partial charge in [0.1, 0.15) is 17.3 Å². The van der Waals surface area contributed by atoms with Gasteiger partial charge in [0.25, 0.3) is 5.91 Å². The third-order valence-corrected chi connectivity index (χ3v) is 2.26. The molecule has 1 amide bonds. The van der Waals surface area contributed by atoms with Crippen LogP contribution in [0.25, 0.3) is 11.3 Å². The standard InChI is InChI=1S/C12H8F2N2O4/c13-6-1-2-8(14)7(3-6)9-4-10(20-16-9)12(18)19-5-11(15)17/h1-4H,5H2,(H2,15,17). The fourth-order valence-corrected chi connectivity index (χ4v) is 1.40. The number of aromatic nitrogens is 1. The fraction of sp³-hybridized carbons (Fsp3) is 0.0833. The first-order valence-electron chi connectivity index (χ1n) is 5.35. The zero-order valence-electron chi connectivity index (χ0n) is 9.93. The number of esters is 1. The molecule has 0 unspecified atom stereocenters. The number of hydrogen-bond acceptors (Lipinski definition) is 5. The van der Waals surface area contributed by atoms with Gasteiger partial charge in [-0.2, -0.15) is 0 Å². The van der Waals surface area contributed by atoms with Crippen molar-refractivity contribution in [2.24, 2.45) is 5.73 Å². The summed E-state index contributed by atoms with van der Waals surface area (Å²) in [6.45, 7) is -0.622. The number of halogens is 2. The smallest absolute Gasteiger partial charge is 0.377 e. The van der Waals surface area contributed by atoms with Crippen LogP contribution in [0.1, 0.15) is 10.6 Å². The lowest BCUT2D eigenvalue weighted by Crippen LogP contribution is -2.20. The zero-order chi connectivity index (χ0) is 14.7. The zero-order valence-corrected chi connectivity index (χ0v) is 9.93. The van der Waals surface area contributed by atoms with Gasteiger partial charge in [-0.1, -0.05) is 5.16 Å². The summed E-state index contributed by atoms with van der Waals surface area (Å²) in [6.07, 6.45) is 0. The van der Waals surface area contributed by atoms with Crippen LogP contribution in [-0.2, 0) is 9.53 Å². The number of rotatable bonds is 4. The molecular weight excluding hydrogens is 274 g/mol. The summed E-state index contributed by atoms with van der Waals surface area (Å²) in [7, 11) is 0. The Morgan fingerprint density at radius 3 is 2.75 bits per heavy atom. The van der Waals surface area contributed by atoms with Crippen molar-refractivity contribution in [3.8, 4) is 11.3 Å². The van der Waals surface area contributed by atoms with Crippen LogP contribution in [0.15, 0.2) is 28.8 Å². The van der Waals surface area contributed by atoms with E-state index in [0.717, 1.165) is 24.3 Å². The van der Waals surface area contributed by atoms with Crippen LogP contribution in [0.5, 0.6) is 0 Å². The van der Waals surface area contributed by atoms with Gasteiger partial charge in [0.15, 0.2) is 6.61 Å². The first-order valence-corrected chi connectivity index (χ1v) is 5.35. The Morgan fingerprint density at radius 1 is 1.30 bits per heavy atom. The third-order valence-electron chi connectivity index (χ3n) is 2.26. The molecule has 0 aliphatic carbocycles. The summed E-state index contributed by atoms with van der Waals surface area (Å²) >= 11 is 0. The van der Waals surface area contributed by atoms with Crippen LogP contribution < -0.4 is 5.73 Å². The number of hydrogen-bond donors (Lipinski definition) is 1. The van der Waals surface area contributed by atoms with Crippen LogP contribution in [-0.4, -0.2) is 23.6 Å². The van der Waals surface area contributed by atoms with E-state index in [4.69, 9.17) is 5.73 Å². The van der Waals surface area contributed by atoms with Gasteiger partial charge >= 0.3 is 5.97 Å². The average molecular weight is 282 g/mol. The molecule has 8 heteroatoms. The quantitative estimate of drug-likeness (QED) is 0.852. The number of carbonyl (C=O) groups is 2. The summed E-state index contributed by atoms with van der Waals surface area (Å²) in [5.74, 6) is -3.57. The molecule has 1 aromatic carbocycles. The Hall–Kier alpha value is -2.77. The molecule has 20 heavy (non-hydrogen) atoms. The Balaban J connectivity index is 2.22. The summed E-state index contributed by atoms with van der Waals surface area (Å²) in [4.78, 5) is 21.9. The topological polar surface area (TPSA) is 95.4 Å². The Bertz CT molecular complexity index is 669. The lowest BCUT2D eigenvalue weighted by Gasteiger charge is -1.98. The molecule has 0 saturated carbocycles. The lowest BCUT2D eigenvalue weighted by atomic mass is 10.1. The molecule has 0 fully saturated rings. The van der Waals surface area contributed by atoms with Gasteiger partial charge in [0.2, 0.25) is 5.76 Å². The molecule has 1 heterocycles. The minimum atomic E-state index is -0.987. The highest BCUT2D eigenvalue weighted by Gasteiger charge is 2.18. The lowest BCUT2D eigenvalue weighted by molar-refractivity contribution is -0.121. The number of amides is 1. The van der Waals surface area contributed by atoms with Crippen molar-refractivity contribution in [1.82, 2.24) is 5.16 Å². The predicted molar refractivity (Wildman–Crippen MR) is 61.3 cm³/mol. The maximum atomic E-state index is 13.5. The van der Waals surface area contributed by atoms with E-state index in [0.29, 0.717) is 0 Å². The van der Waals surface area contributed by atoms with E-state index in [1.807, 2.05) is 0 Å². The van der Waals surface area contributed by atoms with E-state index < -0.39 is 30.1 Å². The maximum absolute atomic E-state index is 13.5. The number of benzene rings is 1. The van der Waals surface area contributed by atoms with E-state index in [1.54, 1.807) is 0 Å². The first kappa shape index (κ1) is 13.7. The molecule has 0 spiro atoms. The number of nitrogens with zero attached hydrogens (tertiary/aromatic N) is 1. The second kappa shape index (κ2) is 5.47. The normalized spacial score (nSPS) is 10.3. The molecule has 0 bridgehead atoms. The molecule has 104 valence electrons. The van der Waals surface area contributed by atoms with Crippen LogP contribution in [0.3, 0.4) is 0 Å². The fourth-order valence-electron chi connectivity index (χ4n) is 1.40. The van der Waals surface area contributed by atoms with Gasteiger partial charge in [-0.25, -0.2) is 13.6 Å². The van der Waals surface area contributed by atoms with Gasteiger partial charge in [-0.05, 0) is 18.2 Å². The molecule has 0 saturated heterocycles. The van der Waals surface area contributed by atoms with Gasteiger partial charge in [0.05, 0.1) is 0 Å². The van der Waals surface area contributed by atoms with Crippen molar-refractivity contribution in [2.45, 2.75) is 0 Å². The number of primary amides is 1. The maximum Gasteiger partial charge on any atom is 0.377 e. The monoisotopic (exact) mass is 282 g/mol. The second-order valence-electron chi connectivity index (χ2n) is 3.74. The molecule has 1 aromatic heterocycles. The SMILES string of the molecule is NC(=O)COC(=O)c1cc(-c2cc(F)ccc2F)no1. The molecule has 2 N–H and O–H groups in total. The summed E-state index contributed by atoms with van der Waals surface area (Å²) in [5, 5.41) is 3.44. The number of ether oxygens (including phenoxy) is 1. The summed E-state index contributed by atoms with van der Waals surface area (Å²) in [6, 6.07) is 3.85. The minimum absolute atomic E-state index is 0.0759. The highest BCUT2D eigenvalue weighted by atomic mass is 19.1. The summed E-state index contributed by atoms with van der Waals surface area (Å²) in [5.41, 5.74) is 4.56. The van der Waals surface area contributed by atoms with Crippen LogP contribution in [0.2, 0.25) is 0 Å². The number of carbonyl (C=O) groups excluding carboxylic acids is 2. The molecular formula is C12H8F2N2O4. The highest BCUT2D eigenvalue weighted by Crippen LogP contribution is 2.23. The van der Waals surface area contributed by atoms with E-state index in [2.05, 4.69) is 14.4 Å². The molecule has 2 rings (SSSR count). The van der Waals surface area contributed by atoms with Gasteiger partial charge in [-0.15, -0.1) is 0 Å². The van der Waals surface area contributed by atoms with Crippen LogP contribution >= 0.6 is 0 Å². The van der Waals surface area contributed by atoms with E-state index in [9.17, 15) is 18.4 Å². The molecule has 2 aromatic rings. The van der Waals surface area contributed by atoms with Crippen LogP contribution in [0, 0.1) is 11.6 Å². The Labute approximate surface area is 111 Å². The molecule has 0 aliphatic heterocycles. The summed E-state index contributed by atoms with van der Waals surface area (Å²) < 4.78 is 35.7. The van der Waals surface area contributed by atoms with Crippen molar-refractivity contribution in [3.05, 3.63) is 41.7 Å². The van der Waals surface area contributed by atoms with Crippen molar-refractivity contribution in [1.29, 1.82) is 0 Å². The second-order valence-corrected chi connectivity index (χ2v) is 3.74. The molecule has 6 nitrogen and oxygen atoms in total. The van der Waals surface area contributed by atoms with Gasteiger partial charge in [0, 0.05) is 11.6 Å². The Morgan fingerprint density at radius 2 is 2.05 bits per heavy atom. The first-order chi connectivity index (χ1) is 9.47. The van der Waals surface area contributed by atoms with Gasteiger partial charge in [-0.3, -0.25) is 4.79 Å². The molecule has 0 aliphatic rings. The third kappa shape index (κ3) is 2.97. The minimum Gasteiger partial charge on any atom is -0.450 e. The Kier molecular flexibility index (Phi) is 3.74. The van der Waals surface area contributed by atoms with Crippen molar-refractivity contribution < 1.29 is 27.6 Å². The van der Waals surface area contributed by atoms with Gasteiger partial charge < -0.3 is 15.0 Å². The van der Waals surface area contributed by atoms with Crippen molar-refractivity contribution in [2.75, 3.05) is 6.61 Å². The van der Waals surface area contributed by atoms with Crippen molar-refractivity contribution in [3.63, 3.8) is 0 Å². The average Bonchev–Trinajstić information content (AvgIpc) is 2.88. The predicted octanol–water partition coefficient (Wildman–Crippen LogP) is 1.26.